The van der Waals surface area contributed by atoms with Gasteiger partial charge in [-0.05, 0) is 34.5 Å². The number of nitrogens with one attached hydrogen (secondary N) is 1. The number of carbonyl (C=O) groups excluding carboxylic acids is 1. The van der Waals surface area contributed by atoms with Crippen LogP contribution in [0.4, 0.5) is 0 Å². The predicted molar refractivity (Wildman–Crippen MR) is 61.3 cm³/mol. The smallest absolute Gasteiger partial charge is 0.287 e. The molecule has 0 radical (unpaired) electrons. The van der Waals surface area contributed by atoms with Crippen LogP contribution in [0.2, 0.25) is 0 Å². The lowest BCUT2D eigenvalue weighted by Gasteiger charge is -2.03. The Bertz CT molecular complexity index is 326. The Morgan fingerprint density at radius 1 is 1.50 bits per heavy atom. The van der Waals surface area contributed by atoms with E-state index < -0.39 is 0 Å². The number of hydrogen-bond acceptors (Lipinski definition) is 4. The molecule has 0 saturated heterocycles. The number of halogens is 1. The molecule has 2 N–H and O–H groups in total. The molecule has 0 spiro atoms. The van der Waals surface area contributed by atoms with Gasteiger partial charge in [0, 0.05) is 13.2 Å². The van der Waals surface area contributed by atoms with Crippen LogP contribution in [0, 0.1) is 0 Å². The van der Waals surface area contributed by atoms with Gasteiger partial charge in [0.15, 0.2) is 10.4 Å². The summed E-state index contributed by atoms with van der Waals surface area (Å²) in [6.45, 7) is 1.39. The Hall–Kier alpha value is -0.850. The molecule has 0 aliphatic heterocycles. The Morgan fingerprint density at radius 2 is 2.31 bits per heavy atom. The second-order valence-electron chi connectivity index (χ2n) is 3.05. The summed E-state index contributed by atoms with van der Waals surface area (Å²) in [5.41, 5.74) is 0. The van der Waals surface area contributed by atoms with Gasteiger partial charge in [-0.1, -0.05) is 0 Å². The zero-order chi connectivity index (χ0) is 11.8. The average Bonchev–Trinajstić information content (AvgIpc) is 2.70. The third kappa shape index (κ3) is 4.78. The number of furan rings is 1. The SMILES string of the molecule is O=C(NCCCOCCO)c1ccc(Br)o1. The van der Waals surface area contributed by atoms with Crippen molar-refractivity contribution in [2.45, 2.75) is 6.42 Å². The first-order valence-corrected chi connectivity index (χ1v) is 5.75. The maximum absolute atomic E-state index is 11.4. The summed E-state index contributed by atoms with van der Waals surface area (Å²) in [6.07, 6.45) is 0.702. The standard InChI is InChI=1S/C10H14BrNO4/c11-9-3-2-8(16-9)10(14)12-4-1-6-15-7-5-13/h2-3,13H,1,4-7H2,(H,12,14). The summed E-state index contributed by atoms with van der Waals surface area (Å²) in [7, 11) is 0. The fourth-order valence-electron chi connectivity index (χ4n) is 1.07. The van der Waals surface area contributed by atoms with Crippen molar-refractivity contribution in [3.63, 3.8) is 0 Å². The first-order valence-electron chi connectivity index (χ1n) is 4.96. The van der Waals surface area contributed by atoms with Gasteiger partial charge >= 0.3 is 0 Å². The van der Waals surface area contributed by atoms with Crippen LogP contribution in [0.3, 0.4) is 0 Å². The normalized spacial score (nSPS) is 10.4. The number of rotatable bonds is 7. The second kappa shape index (κ2) is 7.43. The van der Waals surface area contributed by atoms with Gasteiger partial charge in [0.05, 0.1) is 13.2 Å². The first-order chi connectivity index (χ1) is 7.74. The molecule has 0 saturated carbocycles. The Morgan fingerprint density at radius 3 is 2.94 bits per heavy atom. The molecule has 1 rings (SSSR count). The van der Waals surface area contributed by atoms with Crippen molar-refractivity contribution in [1.29, 1.82) is 0 Å². The van der Waals surface area contributed by atoms with Gasteiger partial charge < -0.3 is 19.6 Å². The van der Waals surface area contributed by atoms with E-state index in [9.17, 15) is 4.79 Å². The van der Waals surface area contributed by atoms with Gasteiger partial charge in [-0.25, -0.2) is 0 Å². The van der Waals surface area contributed by atoms with Crippen LogP contribution < -0.4 is 5.32 Å². The maximum atomic E-state index is 11.4. The largest absolute Gasteiger partial charge is 0.444 e. The van der Waals surface area contributed by atoms with Crippen molar-refractivity contribution in [3.05, 3.63) is 22.6 Å². The van der Waals surface area contributed by atoms with Crippen LogP contribution in [0.15, 0.2) is 21.2 Å². The summed E-state index contributed by atoms with van der Waals surface area (Å²) < 4.78 is 10.7. The third-order valence-electron chi connectivity index (χ3n) is 1.78. The van der Waals surface area contributed by atoms with E-state index in [-0.39, 0.29) is 18.3 Å². The van der Waals surface area contributed by atoms with Crippen LogP contribution >= 0.6 is 15.9 Å². The molecular weight excluding hydrogens is 278 g/mol. The lowest BCUT2D eigenvalue weighted by atomic mass is 10.4. The highest BCUT2D eigenvalue weighted by Crippen LogP contribution is 2.13. The summed E-state index contributed by atoms with van der Waals surface area (Å²) in [6, 6.07) is 3.26. The molecule has 0 aliphatic carbocycles. The molecule has 1 aromatic heterocycles. The zero-order valence-corrected chi connectivity index (χ0v) is 10.3. The quantitative estimate of drug-likeness (QED) is 0.740. The van der Waals surface area contributed by atoms with E-state index in [1.807, 2.05) is 0 Å². The fraction of sp³-hybridized carbons (Fsp3) is 0.500. The predicted octanol–water partition coefficient (Wildman–Crippen LogP) is 1.17. The zero-order valence-electron chi connectivity index (χ0n) is 8.74. The van der Waals surface area contributed by atoms with E-state index in [0.29, 0.717) is 30.8 Å². The molecule has 0 aromatic carbocycles. The molecule has 16 heavy (non-hydrogen) atoms. The van der Waals surface area contributed by atoms with Crippen LogP contribution in [-0.4, -0.2) is 37.4 Å². The maximum Gasteiger partial charge on any atom is 0.287 e. The molecule has 1 amide bonds. The average molecular weight is 292 g/mol. The minimum atomic E-state index is -0.243. The molecule has 1 heterocycles. The molecule has 0 fully saturated rings. The van der Waals surface area contributed by atoms with Crippen LogP contribution in [0.1, 0.15) is 17.0 Å². The van der Waals surface area contributed by atoms with Crippen molar-refractivity contribution < 1.29 is 19.1 Å². The lowest BCUT2D eigenvalue weighted by molar-refractivity contribution is 0.0855. The summed E-state index contributed by atoms with van der Waals surface area (Å²) in [5, 5.41) is 11.1. The molecule has 90 valence electrons. The van der Waals surface area contributed by atoms with E-state index in [1.54, 1.807) is 12.1 Å². The monoisotopic (exact) mass is 291 g/mol. The number of aliphatic hydroxyl groups is 1. The fourth-order valence-corrected chi connectivity index (χ4v) is 1.37. The Kier molecular flexibility index (Phi) is 6.14. The Balaban J connectivity index is 2.11. The van der Waals surface area contributed by atoms with Gasteiger partial charge in [0.1, 0.15) is 0 Å². The highest BCUT2D eigenvalue weighted by atomic mass is 79.9. The minimum Gasteiger partial charge on any atom is -0.444 e. The third-order valence-corrected chi connectivity index (χ3v) is 2.21. The topological polar surface area (TPSA) is 71.7 Å². The number of amides is 1. The highest BCUT2D eigenvalue weighted by molar-refractivity contribution is 9.10. The van der Waals surface area contributed by atoms with Crippen molar-refractivity contribution >= 4 is 21.8 Å². The first kappa shape index (κ1) is 13.2. The molecule has 0 unspecified atom stereocenters. The van der Waals surface area contributed by atoms with Crippen LogP contribution in [0.5, 0.6) is 0 Å². The number of ether oxygens (including phenoxy) is 1. The van der Waals surface area contributed by atoms with Crippen LogP contribution in [-0.2, 0) is 4.74 Å². The highest BCUT2D eigenvalue weighted by Gasteiger charge is 2.08. The van der Waals surface area contributed by atoms with Crippen molar-refractivity contribution in [2.24, 2.45) is 0 Å². The van der Waals surface area contributed by atoms with Crippen molar-refractivity contribution in [1.82, 2.24) is 5.32 Å². The van der Waals surface area contributed by atoms with Crippen molar-refractivity contribution in [2.75, 3.05) is 26.4 Å². The van der Waals surface area contributed by atoms with E-state index in [2.05, 4.69) is 21.2 Å². The van der Waals surface area contributed by atoms with E-state index in [4.69, 9.17) is 14.3 Å². The lowest BCUT2D eigenvalue weighted by Crippen LogP contribution is -2.24. The van der Waals surface area contributed by atoms with Crippen LogP contribution in [0.25, 0.3) is 0 Å². The van der Waals surface area contributed by atoms with E-state index in [1.165, 1.54) is 0 Å². The Labute approximate surface area is 102 Å². The number of hydrogen-bond donors (Lipinski definition) is 2. The molecule has 6 heteroatoms. The van der Waals surface area contributed by atoms with Gasteiger partial charge in [0.2, 0.25) is 0 Å². The second-order valence-corrected chi connectivity index (χ2v) is 3.83. The van der Waals surface area contributed by atoms with E-state index in [0.717, 1.165) is 0 Å². The summed E-state index contributed by atoms with van der Waals surface area (Å²) >= 11 is 3.12. The number of carbonyl (C=O) groups is 1. The molecule has 1 aromatic rings. The summed E-state index contributed by atoms with van der Waals surface area (Å²) in [4.78, 5) is 11.4. The van der Waals surface area contributed by atoms with Gasteiger partial charge in [-0.3, -0.25) is 4.79 Å². The number of aliphatic hydroxyl groups excluding tert-OH is 1. The summed E-state index contributed by atoms with van der Waals surface area (Å²) in [5.74, 6) is 0.0380. The van der Waals surface area contributed by atoms with Gasteiger partial charge in [-0.15, -0.1) is 0 Å². The molecule has 5 nitrogen and oxygen atoms in total. The molecule has 0 aliphatic rings. The van der Waals surface area contributed by atoms with Gasteiger partial charge in [-0.2, -0.15) is 0 Å². The molecule has 0 atom stereocenters. The minimum absolute atomic E-state index is 0.0206. The molecule has 0 bridgehead atoms. The van der Waals surface area contributed by atoms with Gasteiger partial charge in [0.25, 0.3) is 5.91 Å². The molecular formula is C10H14BrNO4. The van der Waals surface area contributed by atoms with E-state index >= 15 is 0 Å². The van der Waals surface area contributed by atoms with Crippen molar-refractivity contribution in [3.8, 4) is 0 Å².